The summed E-state index contributed by atoms with van der Waals surface area (Å²) in [5.41, 5.74) is 6.49. The molecule has 0 aliphatic carbocycles. The van der Waals surface area contributed by atoms with Gasteiger partial charge in [-0.15, -0.1) is 0 Å². The van der Waals surface area contributed by atoms with Crippen LogP contribution >= 0.6 is 27.3 Å². The van der Waals surface area contributed by atoms with Crippen molar-refractivity contribution in [3.63, 3.8) is 0 Å². The van der Waals surface area contributed by atoms with Crippen LogP contribution in [0.3, 0.4) is 0 Å². The highest BCUT2D eigenvalue weighted by molar-refractivity contribution is 9.10. The van der Waals surface area contributed by atoms with E-state index in [1.54, 1.807) is 0 Å². The molecule has 4 heteroatoms. The predicted molar refractivity (Wildman–Crippen MR) is 63.1 cm³/mol. The average molecular weight is 259 g/mol. The topological polar surface area (TPSA) is 38.9 Å². The molecule has 0 aliphatic rings. The molecule has 0 bridgehead atoms. The quantitative estimate of drug-likeness (QED) is 0.784. The Morgan fingerprint density at radius 2 is 2.08 bits per heavy atom. The van der Waals surface area contributed by atoms with Crippen molar-refractivity contribution in [3.8, 4) is 0 Å². The van der Waals surface area contributed by atoms with Crippen LogP contribution in [0.5, 0.6) is 0 Å². The van der Waals surface area contributed by atoms with Crippen molar-refractivity contribution in [3.05, 3.63) is 22.7 Å². The Labute approximate surface area is 89.9 Å². The minimum atomic E-state index is 0.623. The first kappa shape index (κ1) is 10.5. The van der Waals surface area contributed by atoms with E-state index in [0.717, 1.165) is 14.7 Å². The monoisotopic (exact) mass is 258 g/mol. The lowest BCUT2D eigenvalue weighted by atomic mass is 10.3. The highest BCUT2D eigenvalue weighted by Crippen LogP contribution is 2.25. The number of nitrogens with two attached hydrogens (primary N) is 1. The zero-order chi connectivity index (χ0) is 9.84. The van der Waals surface area contributed by atoms with Crippen LogP contribution < -0.4 is 5.73 Å². The van der Waals surface area contributed by atoms with Crippen molar-refractivity contribution in [1.82, 2.24) is 4.98 Å². The van der Waals surface area contributed by atoms with Crippen LogP contribution in [0.15, 0.2) is 22.7 Å². The number of halogens is 1. The predicted octanol–water partition coefficient (Wildman–Crippen LogP) is 3.67. The Morgan fingerprint density at radius 1 is 1.38 bits per heavy atom. The fourth-order valence-electron chi connectivity index (χ4n) is 0.918. The van der Waals surface area contributed by atoms with Gasteiger partial charge < -0.3 is 5.73 Å². The molecule has 0 fully saturated rings. The van der Waals surface area contributed by atoms with Gasteiger partial charge in [0.2, 0.25) is 0 Å². The molecule has 0 aliphatic heterocycles. The van der Waals surface area contributed by atoms with E-state index in [9.17, 15) is 0 Å². The molecule has 0 saturated carbocycles. The van der Waals surface area contributed by atoms with Crippen LogP contribution in [0.4, 0.5) is 5.13 Å². The molecule has 70 valence electrons. The van der Waals surface area contributed by atoms with Crippen LogP contribution in [-0.2, 0) is 0 Å². The standard InChI is InChI=1S/C7H5BrN2S.C2H6/c8-4-1-2-6-5(3-4)10-7(9)11-6;1-2/h1-3H,(H2,9,10);1-2H3. The Morgan fingerprint density at radius 3 is 2.77 bits per heavy atom. The van der Waals surface area contributed by atoms with E-state index >= 15 is 0 Å². The van der Waals surface area contributed by atoms with Crippen molar-refractivity contribution < 1.29 is 0 Å². The molecule has 0 unspecified atom stereocenters. The first-order chi connectivity index (χ1) is 6.25. The summed E-state index contributed by atoms with van der Waals surface area (Å²) in [7, 11) is 0. The van der Waals surface area contributed by atoms with E-state index in [2.05, 4.69) is 20.9 Å². The second-order valence-electron chi connectivity index (χ2n) is 2.16. The van der Waals surface area contributed by atoms with Gasteiger partial charge in [0.25, 0.3) is 0 Å². The molecule has 2 N–H and O–H groups in total. The molecule has 1 aromatic carbocycles. The Balaban J connectivity index is 0.000000396. The third-order valence-electron chi connectivity index (χ3n) is 1.37. The van der Waals surface area contributed by atoms with E-state index in [1.807, 2.05) is 32.0 Å². The van der Waals surface area contributed by atoms with Crippen molar-refractivity contribution in [2.75, 3.05) is 5.73 Å². The third kappa shape index (κ3) is 2.42. The SMILES string of the molecule is CC.Nc1nc2cc(Br)ccc2s1. The molecule has 0 saturated heterocycles. The molecular formula is C9H11BrN2S. The number of nitrogen functional groups attached to an aromatic ring is 1. The third-order valence-corrected chi connectivity index (χ3v) is 2.72. The van der Waals surface area contributed by atoms with Gasteiger partial charge in [-0.1, -0.05) is 41.1 Å². The number of nitrogens with zero attached hydrogens (tertiary/aromatic N) is 1. The summed E-state index contributed by atoms with van der Waals surface area (Å²) in [6.07, 6.45) is 0. The van der Waals surface area contributed by atoms with Gasteiger partial charge >= 0.3 is 0 Å². The van der Waals surface area contributed by atoms with E-state index in [0.29, 0.717) is 5.13 Å². The lowest BCUT2D eigenvalue weighted by Gasteiger charge is -1.86. The molecular weight excluding hydrogens is 248 g/mol. The van der Waals surface area contributed by atoms with Gasteiger partial charge in [0.05, 0.1) is 10.2 Å². The summed E-state index contributed by atoms with van der Waals surface area (Å²) in [6.45, 7) is 4.00. The van der Waals surface area contributed by atoms with Crippen LogP contribution in [0.25, 0.3) is 10.2 Å². The number of hydrogen-bond acceptors (Lipinski definition) is 3. The van der Waals surface area contributed by atoms with Crippen molar-refractivity contribution in [2.24, 2.45) is 0 Å². The Bertz CT molecular complexity index is 397. The normalized spacial score (nSPS) is 9.46. The lowest BCUT2D eigenvalue weighted by Crippen LogP contribution is -1.78. The number of fused-ring (bicyclic) bond motifs is 1. The lowest BCUT2D eigenvalue weighted by molar-refractivity contribution is 1.49. The largest absolute Gasteiger partial charge is 0.375 e. The summed E-state index contributed by atoms with van der Waals surface area (Å²) in [5, 5.41) is 0.623. The molecule has 1 heterocycles. The molecule has 2 nitrogen and oxygen atoms in total. The van der Waals surface area contributed by atoms with Gasteiger partial charge in [-0.25, -0.2) is 4.98 Å². The zero-order valence-electron chi connectivity index (χ0n) is 7.54. The maximum absolute atomic E-state index is 5.53. The van der Waals surface area contributed by atoms with E-state index in [1.165, 1.54) is 11.3 Å². The van der Waals surface area contributed by atoms with Crippen LogP contribution in [0.1, 0.15) is 13.8 Å². The number of benzene rings is 1. The van der Waals surface area contributed by atoms with E-state index in [4.69, 9.17) is 5.73 Å². The number of aromatic nitrogens is 1. The zero-order valence-corrected chi connectivity index (χ0v) is 9.95. The van der Waals surface area contributed by atoms with E-state index < -0.39 is 0 Å². The molecule has 1 aromatic heterocycles. The van der Waals surface area contributed by atoms with Crippen molar-refractivity contribution in [1.29, 1.82) is 0 Å². The van der Waals surface area contributed by atoms with Crippen LogP contribution in [-0.4, -0.2) is 4.98 Å². The molecule has 2 aromatic rings. The van der Waals surface area contributed by atoms with Gasteiger partial charge in [0, 0.05) is 4.47 Å². The molecule has 2 rings (SSSR count). The second kappa shape index (κ2) is 4.58. The number of hydrogen-bond donors (Lipinski definition) is 1. The highest BCUT2D eigenvalue weighted by atomic mass is 79.9. The van der Waals surface area contributed by atoms with Gasteiger partial charge in [0.1, 0.15) is 0 Å². The summed E-state index contributed by atoms with van der Waals surface area (Å²) >= 11 is 4.87. The van der Waals surface area contributed by atoms with E-state index in [-0.39, 0.29) is 0 Å². The van der Waals surface area contributed by atoms with Gasteiger partial charge in [-0.2, -0.15) is 0 Å². The maximum Gasteiger partial charge on any atom is 0.181 e. The van der Waals surface area contributed by atoms with Crippen LogP contribution in [0, 0.1) is 0 Å². The van der Waals surface area contributed by atoms with Gasteiger partial charge in [-0.3, -0.25) is 0 Å². The molecule has 13 heavy (non-hydrogen) atoms. The first-order valence-electron chi connectivity index (χ1n) is 4.07. The fourth-order valence-corrected chi connectivity index (χ4v) is 1.98. The summed E-state index contributed by atoms with van der Waals surface area (Å²) in [4.78, 5) is 4.14. The average Bonchev–Trinajstić information content (AvgIpc) is 2.48. The summed E-state index contributed by atoms with van der Waals surface area (Å²) in [6, 6.07) is 5.95. The Hall–Kier alpha value is -0.610. The van der Waals surface area contributed by atoms with Gasteiger partial charge in [-0.05, 0) is 18.2 Å². The van der Waals surface area contributed by atoms with Gasteiger partial charge in [0.15, 0.2) is 5.13 Å². The first-order valence-corrected chi connectivity index (χ1v) is 5.68. The number of thiazole rings is 1. The fraction of sp³-hybridized carbons (Fsp3) is 0.222. The summed E-state index contributed by atoms with van der Waals surface area (Å²) < 4.78 is 2.17. The molecule has 0 spiro atoms. The minimum Gasteiger partial charge on any atom is -0.375 e. The minimum absolute atomic E-state index is 0.623. The summed E-state index contributed by atoms with van der Waals surface area (Å²) in [5.74, 6) is 0. The smallest absolute Gasteiger partial charge is 0.181 e. The Kier molecular flexibility index (Phi) is 3.69. The second-order valence-corrected chi connectivity index (χ2v) is 4.14. The van der Waals surface area contributed by atoms with Crippen molar-refractivity contribution in [2.45, 2.75) is 13.8 Å². The highest BCUT2D eigenvalue weighted by Gasteiger charge is 1.99. The number of rotatable bonds is 0. The maximum atomic E-state index is 5.53. The number of anilines is 1. The molecule has 0 amide bonds. The molecule has 0 radical (unpaired) electrons. The van der Waals surface area contributed by atoms with Crippen LogP contribution in [0.2, 0.25) is 0 Å². The van der Waals surface area contributed by atoms with Crippen molar-refractivity contribution >= 4 is 42.6 Å². The molecule has 0 atom stereocenters.